The molecule has 0 aromatic heterocycles. The number of hydrogen-bond donors (Lipinski definition) is 0. The minimum Gasteiger partial charge on any atom is -0.368 e. The first kappa shape index (κ1) is 10.9. The molecule has 1 nitrogen and oxygen atoms in total. The molecule has 0 saturated carbocycles. The quantitative estimate of drug-likeness (QED) is 0.746. The van der Waals surface area contributed by atoms with Crippen molar-refractivity contribution >= 4 is 11.8 Å². The average molecular weight is 242 g/mol. The fourth-order valence-electron chi connectivity index (χ4n) is 2.03. The van der Waals surface area contributed by atoms with Crippen molar-refractivity contribution in [2.45, 2.75) is 17.6 Å². The average Bonchev–Trinajstić information content (AvgIpc) is 2.62. The third-order valence-corrected chi connectivity index (χ3v) is 4.15. The smallest absolute Gasteiger partial charge is 0.0923 e. The number of benzene rings is 2. The van der Waals surface area contributed by atoms with Crippen LogP contribution in [0.15, 0.2) is 59.5 Å². The molecule has 1 atom stereocenters. The minimum atomic E-state index is 0.202. The van der Waals surface area contributed by atoms with Crippen LogP contribution in [-0.2, 0) is 11.3 Å². The molecule has 1 aliphatic heterocycles. The van der Waals surface area contributed by atoms with Crippen molar-refractivity contribution in [1.82, 2.24) is 0 Å². The second-order valence-electron chi connectivity index (χ2n) is 4.13. The van der Waals surface area contributed by atoms with E-state index >= 15 is 0 Å². The van der Waals surface area contributed by atoms with Gasteiger partial charge in [-0.1, -0.05) is 48.5 Å². The van der Waals surface area contributed by atoms with Crippen molar-refractivity contribution in [2.24, 2.45) is 0 Å². The van der Waals surface area contributed by atoms with Crippen LogP contribution in [0.3, 0.4) is 0 Å². The highest BCUT2D eigenvalue weighted by atomic mass is 32.2. The Labute approximate surface area is 106 Å². The van der Waals surface area contributed by atoms with E-state index in [9.17, 15) is 0 Å². The predicted molar refractivity (Wildman–Crippen MR) is 71.1 cm³/mol. The molecule has 0 fully saturated rings. The molecule has 2 aromatic carbocycles. The molecular weight excluding hydrogens is 228 g/mol. The molecule has 1 unspecified atom stereocenters. The Morgan fingerprint density at radius 1 is 0.941 bits per heavy atom. The fourth-order valence-corrected chi connectivity index (χ4v) is 3.13. The highest BCUT2D eigenvalue weighted by Crippen LogP contribution is 2.34. The van der Waals surface area contributed by atoms with E-state index in [1.165, 1.54) is 16.0 Å². The van der Waals surface area contributed by atoms with E-state index in [4.69, 9.17) is 4.74 Å². The summed E-state index contributed by atoms with van der Waals surface area (Å²) in [6.07, 6.45) is 0.202. The minimum absolute atomic E-state index is 0.202. The first-order chi connectivity index (χ1) is 8.43. The lowest BCUT2D eigenvalue weighted by molar-refractivity contribution is 0.0566. The van der Waals surface area contributed by atoms with Crippen LogP contribution in [-0.4, -0.2) is 5.75 Å². The number of thioether (sulfide) groups is 1. The SMILES string of the molecule is c1ccc(C2CSc3ccccc3CO2)cc1. The summed E-state index contributed by atoms with van der Waals surface area (Å²) in [7, 11) is 0. The maximum atomic E-state index is 5.99. The molecule has 0 amide bonds. The van der Waals surface area contributed by atoms with Gasteiger partial charge < -0.3 is 4.74 Å². The normalized spacial score (nSPS) is 19.4. The first-order valence-electron chi connectivity index (χ1n) is 5.81. The van der Waals surface area contributed by atoms with Crippen molar-refractivity contribution < 1.29 is 4.74 Å². The highest BCUT2D eigenvalue weighted by Gasteiger charge is 2.17. The van der Waals surface area contributed by atoms with E-state index < -0.39 is 0 Å². The zero-order valence-electron chi connectivity index (χ0n) is 9.50. The number of fused-ring (bicyclic) bond motifs is 1. The summed E-state index contributed by atoms with van der Waals surface area (Å²) in [6, 6.07) is 19.0. The molecule has 0 radical (unpaired) electrons. The summed E-state index contributed by atoms with van der Waals surface area (Å²) in [4.78, 5) is 1.35. The number of ether oxygens (including phenoxy) is 1. The Morgan fingerprint density at radius 2 is 1.71 bits per heavy atom. The third kappa shape index (κ3) is 2.38. The van der Waals surface area contributed by atoms with Crippen molar-refractivity contribution in [3.8, 4) is 0 Å². The van der Waals surface area contributed by atoms with Crippen LogP contribution >= 0.6 is 11.8 Å². The van der Waals surface area contributed by atoms with Gasteiger partial charge in [-0.05, 0) is 17.2 Å². The largest absolute Gasteiger partial charge is 0.368 e. The summed E-state index contributed by atoms with van der Waals surface area (Å²) < 4.78 is 5.99. The number of rotatable bonds is 1. The summed E-state index contributed by atoms with van der Waals surface area (Å²) in [6.45, 7) is 0.711. The van der Waals surface area contributed by atoms with Gasteiger partial charge in [0.15, 0.2) is 0 Å². The lowest BCUT2D eigenvalue weighted by Gasteiger charge is -2.14. The molecule has 17 heavy (non-hydrogen) atoms. The molecule has 0 aliphatic carbocycles. The molecule has 3 rings (SSSR count). The highest BCUT2D eigenvalue weighted by molar-refractivity contribution is 7.99. The van der Waals surface area contributed by atoms with Gasteiger partial charge in [0.05, 0.1) is 12.7 Å². The van der Waals surface area contributed by atoms with Gasteiger partial charge in [0, 0.05) is 10.6 Å². The van der Waals surface area contributed by atoms with E-state index in [-0.39, 0.29) is 6.10 Å². The maximum Gasteiger partial charge on any atom is 0.0923 e. The van der Waals surface area contributed by atoms with Gasteiger partial charge in [-0.15, -0.1) is 11.8 Å². The second-order valence-corrected chi connectivity index (χ2v) is 5.19. The van der Waals surface area contributed by atoms with Crippen LogP contribution in [0.2, 0.25) is 0 Å². The van der Waals surface area contributed by atoms with E-state index in [2.05, 4.69) is 48.5 Å². The number of hydrogen-bond acceptors (Lipinski definition) is 2. The summed E-state index contributed by atoms with van der Waals surface area (Å²) >= 11 is 1.89. The zero-order valence-corrected chi connectivity index (χ0v) is 10.3. The maximum absolute atomic E-state index is 5.99. The van der Waals surface area contributed by atoms with Crippen LogP contribution in [0.4, 0.5) is 0 Å². The van der Waals surface area contributed by atoms with E-state index in [1.54, 1.807) is 0 Å². The van der Waals surface area contributed by atoms with Crippen LogP contribution < -0.4 is 0 Å². The van der Waals surface area contributed by atoms with Crippen molar-refractivity contribution in [1.29, 1.82) is 0 Å². The van der Waals surface area contributed by atoms with Gasteiger partial charge in [-0.25, -0.2) is 0 Å². The molecule has 2 aromatic rings. The van der Waals surface area contributed by atoms with Gasteiger partial charge in [0.25, 0.3) is 0 Å². The monoisotopic (exact) mass is 242 g/mol. The van der Waals surface area contributed by atoms with Gasteiger partial charge >= 0.3 is 0 Å². The second kappa shape index (κ2) is 4.94. The lowest BCUT2D eigenvalue weighted by Crippen LogP contribution is -2.04. The lowest BCUT2D eigenvalue weighted by atomic mass is 10.1. The third-order valence-electron chi connectivity index (χ3n) is 2.97. The van der Waals surface area contributed by atoms with Crippen LogP contribution in [0.5, 0.6) is 0 Å². The fraction of sp³-hybridized carbons (Fsp3) is 0.200. The summed E-state index contributed by atoms with van der Waals surface area (Å²) in [5.74, 6) is 0.987. The zero-order chi connectivity index (χ0) is 11.5. The Kier molecular flexibility index (Phi) is 3.16. The predicted octanol–water partition coefficient (Wildman–Crippen LogP) is 4.05. The van der Waals surface area contributed by atoms with Gasteiger partial charge in [-0.3, -0.25) is 0 Å². The van der Waals surface area contributed by atoms with Crippen molar-refractivity contribution in [3.05, 3.63) is 65.7 Å². The van der Waals surface area contributed by atoms with Gasteiger partial charge in [0.2, 0.25) is 0 Å². The van der Waals surface area contributed by atoms with E-state index in [1.807, 2.05) is 17.8 Å². The van der Waals surface area contributed by atoms with Crippen molar-refractivity contribution in [3.63, 3.8) is 0 Å². The molecule has 86 valence electrons. The van der Waals surface area contributed by atoms with Gasteiger partial charge in [-0.2, -0.15) is 0 Å². The molecule has 0 saturated heterocycles. The molecule has 0 bridgehead atoms. The Bertz CT molecular complexity index is 468. The Morgan fingerprint density at radius 3 is 2.59 bits per heavy atom. The Balaban J connectivity index is 1.82. The molecule has 1 heterocycles. The molecule has 0 N–H and O–H groups in total. The first-order valence-corrected chi connectivity index (χ1v) is 6.79. The summed E-state index contributed by atoms with van der Waals surface area (Å²) in [5.41, 5.74) is 2.57. The van der Waals surface area contributed by atoms with Gasteiger partial charge in [0.1, 0.15) is 0 Å². The van der Waals surface area contributed by atoms with Crippen LogP contribution in [0.1, 0.15) is 17.2 Å². The van der Waals surface area contributed by atoms with E-state index in [0.717, 1.165) is 5.75 Å². The topological polar surface area (TPSA) is 9.23 Å². The molecule has 2 heteroatoms. The Hall–Kier alpha value is -1.25. The molecular formula is C15H14OS. The molecule has 0 spiro atoms. The van der Waals surface area contributed by atoms with Crippen molar-refractivity contribution in [2.75, 3.05) is 5.75 Å². The van der Waals surface area contributed by atoms with Crippen LogP contribution in [0, 0.1) is 0 Å². The van der Waals surface area contributed by atoms with Crippen LogP contribution in [0.25, 0.3) is 0 Å². The van der Waals surface area contributed by atoms with E-state index in [0.29, 0.717) is 6.61 Å². The summed E-state index contributed by atoms with van der Waals surface area (Å²) in [5, 5.41) is 0. The standard InChI is InChI=1S/C15H14OS/c1-2-6-12(7-3-1)14-11-17-15-9-5-4-8-13(15)10-16-14/h1-9,14H,10-11H2. The molecule has 1 aliphatic rings.